The van der Waals surface area contributed by atoms with E-state index in [1.165, 1.54) is 16.7 Å². The zero-order chi connectivity index (χ0) is 33.0. The quantitative estimate of drug-likeness (QED) is 0.181. The fourth-order valence-corrected chi connectivity index (χ4v) is 7.09. The van der Waals surface area contributed by atoms with Crippen molar-refractivity contribution in [2.75, 3.05) is 36.9 Å². The van der Waals surface area contributed by atoms with Crippen LogP contribution in [0.2, 0.25) is 10.0 Å². The molecule has 5 heterocycles. The minimum absolute atomic E-state index is 0.00805. The smallest absolute Gasteiger partial charge is 0.300 e. The number of halogens is 3. The Bertz CT molecular complexity index is 2010. The Morgan fingerprint density at radius 1 is 1.07 bits per heavy atom. The molecule has 1 atom stereocenters. The maximum Gasteiger partial charge on any atom is 0.300 e. The fourth-order valence-electron chi connectivity index (χ4n) is 6.64. The van der Waals surface area contributed by atoms with Gasteiger partial charge in [0.1, 0.15) is 11.2 Å². The Morgan fingerprint density at radius 3 is 2.41 bits per heavy atom. The number of nitrogens with zero attached hydrogens (tertiary/aromatic N) is 5. The van der Waals surface area contributed by atoms with Crippen LogP contribution >= 0.6 is 23.2 Å². The highest BCUT2D eigenvalue weighted by molar-refractivity contribution is 6.37. The minimum atomic E-state index is -0.921. The summed E-state index contributed by atoms with van der Waals surface area (Å²) in [4.78, 5) is 50.3. The van der Waals surface area contributed by atoms with Crippen molar-refractivity contribution in [2.24, 2.45) is 0 Å². The molecule has 10 nitrogen and oxygen atoms in total. The van der Waals surface area contributed by atoms with Crippen LogP contribution in [-0.2, 0) is 17.6 Å². The highest BCUT2D eigenvalue weighted by Crippen LogP contribution is 2.41. The molecule has 0 saturated carbocycles. The van der Waals surface area contributed by atoms with Crippen molar-refractivity contribution in [3.8, 4) is 17.1 Å². The van der Waals surface area contributed by atoms with Crippen LogP contribution in [0, 0.1) is 12.7 Å². The SMILES string of the molecule is C=CC(=O)N1CCN2c3c(c(=O)n(-c4c(CC)cncc4CC)c4c(=O)n(-c5c(N)c(Cl)cc(Cl)c5F)c(C)cc34)OCCC2C1. The van der Waals surface area contributed by atoms with E-state index in [-0.39, 0.29) is 51.2 Å². The Balaban J connectivity index is 1.78. The molecule has 240 valence electrons. The fraction of sp³-hybridized carbons (Fsp3) is 0.333. The first-order valence-corrected chi connectivity index (χ1v) is 15.8. The lowest BCUT2D eigenvalue weighted by atomic mass is 10.0. The minimum Gasteiger partial charge on any atom is -0.486 e. The number of benzene rings is 1. The van der Waals surface area contributed by atoms with Crippen LogP contribution in [0.3, 0.4) is 0 Å². The molecule has 1 saturated heterocycles. The summed E-state index contributed by atoms with van der Waals surface area (Å²) in [6.45, 7) is 10.5. The van der Waals surface area contributed by atoms with E-state index < -0.39 is 16.9 Å². The van der Waals surface area contributed by atoms with Crippen molar-refractivity contribution in [2.45, 2.75) is 46.1 Å². The standard InChI is InChI=1S/C33H33Cl2FN6O4/c1-5-18-14-38-15-19(6-2)27(18)42-29-21(12-17(4)41(32(29)44)30-25(36)22(34)13-23(35)26(30)37)28-31(33(42)45)46-11-8-20-16-39(24(43)7-3)9-10-40(20)28/h7,12-15,20H,3,5-6,8-11,16,37H2,1-2,4H3. The molecule has 4 aromatic rings. The number of amides is 1. The van der Waals surface area contributed by atoms with E-state index >= 15 is 4.39 Å². The summed E-state index contributed by atoms with van der Waals surface area (Å²) >= 11 is 12.5. The maximum atomic E-state index is 15.7. The van der Waals surface area contributed by atoms with Gasteiger partial charge >= 0.3 is 0 Å². The average molecular weight is 668 g/mol. The third-order valence-electron chi connectivity index (χ3n) is 8.87. The van der Waals surface area contributed by atoms with Crippen LogP contribution in [0.25, 0.3) is 22.3 Å². The van der Waals surface area contributed by atoms with E-state index in [1.807, 2.05) is 18.7 Å². The topological polar surface area (TPSA) is 116 Å². The van der Waals surface area contributed by atoms with Gasteiger partial charge in [-0.1, -0.05) is 43.6 Å². The zero-order valence-corrected chi connectivity index (χ0v) is 27.2. The van der Waals surface area contributed by atoms with Crippen molar-refractivity contribution in [1.82, 2.24) is 19.0 Å². The Morgan fingerprint density at radius 2 is 1.76 bits per heavy atom. The van der Waals surface area contributed by atoms with Crippen molar-refractivity contribution >= 4 is 51.4 Å². The molecule has 1 aromatic carbocycles. The van der Waals surface area contributed by atoms with Crippen LogP contribution in [0.1, 0.15) is 37.1 Å². The normalized spacial score (nSPS) is 16.1. The van der Waals surface area contributed by atoms with Gasteiger partial charge in [-0.05, 0) is 49.1 Å². The van der Waals surface area contributed by atoms with Crippen LogP contribution in [-0.4, -0.2) is 57.2 Å². The summed E-state index contributed by atoms with van der Waals surface area (Å²) in [5.41, 5.74) is 7.37. The highest BCUT2D eigenvalue weighted by atomic mass is 35.5. The molecule has 0 aliphatic carbocycles. The summed E-state index contributed by atoms with van der Waals surface area (Å²) in [6.07, 6.45) is 6.21. The van der Waals surface area contributed by atoms with Gasteiger partial charge in [-0.3, -0.25) is 28.5 Å². The van der Waals surface area contributed by atoms with Crippen LogP contribution < -0.4 is 26.5 Å². The van der Waals surface area contributed by atoms with Gasteiger partial charge in [-0.25, -0.2) is 4.39 Å². The predicted molar refractivity (Wildman–Crippen MR) is 179 cm³/mol. The number of fused-ring (bicyclic) bond motifs is 5. The van der Waals surface area contributed by atoms with E-state index in [4.69, 9.17) is 33.7 Å². The lowest BCUT2D eigenvalue weighted by Crippen LogP contribution is -2.54. The van der Waals surface area contributed by atoms with Crippen molar-refractivity contribution in [3.63, 3.8) is 0 Å². The van der Waals surface area contributed by atoms with E-state index in [1.54, 1.807) is 30.3 Å². The summed E-state index contributed by atoms with van der Waals surface area (Å²) in [5, 5.41) is 0.113. The van der Waals surface area contributed by atoms with Gasteiger partial charge in [0.2, 0.25) is 11.7 Å². The molecule has 1 unspecified atom stereocenters. The third-order valence-corrected chi connectivity index (χ3v) is 9.46. The monoisotopic (exact) mass is 666 g/mol. The summed E-state index contributed by atoms with van der Waals surface area (Å²) in [7, 11) is 0. The number of hydrogen-bond acceptors (Lipinski definition) is 7. The first-order valence-electron chi connectivity index (χ1n) is 15.1. The molecule has 2 N–H and O–H groups in total. The molecule has 6 rings (SSSR count). The Kier molecular flexibility index (Phi) is 8.32. The molecule has 0 bridgehead atoms. The van der Waals surface area contributed by atoms with Crippen LogP contribution in [0.4, 0.5) is 15.8 Å². The van der Waals surface area contributed by atoms with Crippen molar-refractivity contribution in [1.29, 1.82) is 0 Å². The van der Waals surface area contributed by atoms with Crippen LogP contribution in [0.15, 0.2) is 46.8 Å². The molecule has 0 spiro atoms. The second kappa shape index (κ2) is 12.1. The summed E-state index contributed by atoms with van der Waals surface area (Å²) in [6, 6.07) is 2.71. The molecular formula is C33H33Cl2FN6O4. The molecule has 13 heteroatoms. The van der Waals surface area contributed by atoms with Gasteiger partial charge in [0.25, 0.3) is 11.1 Å². The number of aromatic nitrogens is 3. The number of rotatable bonds is 5. The molecule has 2 aliphatic rings. The van der Waals surface area contributed by atoms with E-state index in [9.17, 15) is 14.4 Å². The Hall–Kier alpha value is -4.35. The lowest BCUT2D eigenvalue weighted by molar-refractivity contribution is -0.126. The number of carbonyl (C=O) groups is 1. The van der Waals surface area contributed by atoms with Gasteiger partial charge in [0, 0.05) is 49.5 Å². The molecule has 1 fully saturated rings. The zero-order valence-electron chi connectivity index (χ0n) is 25.7. The van der Waals surface area contributed by atoms with E-state index in [0.717, 1.165) is 15.7 Å². The molecule has 3 aromatic heterocycles. The van der Waals surface area contributed by atoms with E-state index in [0.29, 0.717) is 61.4 Å². The summed E-state index contributed by atoms with van der Waals surface area (Å²) < 4.78 is 24.5. The number of carbonyl (C=O) groups excluding carboxylic acids is 1. The number of piperazine rings is 1. The second-order valence-corrected chi connectivity index (χ2v) is 12.2. The number of ether oxygens (including phenoxy) is 1. The van der Waals surface area contributed by atoms with Gasteiger partial charge < -0.3 is 20.3 Å². The number of hydrogen-bond donors (Lipinski definition) is 1. The number of nitrogens with two attached hydrogens (primary N) is 1. The summed E-state index contributed by atoms with van der Waals surface area (Å²) in [5.74, 6) is -0.997. The molecule has 2 aliphatic heterocycles. The number of pyridine rings is 3. The lowest BCUT2D eigenvalue weighted by Gasteiger charge is -2.42. The van der Waals surface area contributed by atoms with Gasteiger partial charge in [0.15, 0.2) is 5.82 Å². The van der Waals surface area contributed by atoms with E-state index in [2.05, 4.69) is 11.6 Å². The van der Waals surface area contributed by atoms with Gasteiger partial charge in [0.05, 0.1) is 39.8 Å². The maximum absolute atomic E-state index is 15.7. The van der Waals surface area contributed by atoms with Crippen molar-refractivity contribution in [3.05, 3.63) is 90.6 Å². The molecule has 1 amide bonds. The first kappa shape index (κ1) is 31.6. The van der Waals surface area contributed by atoms with Crippen LogP contribution in [0.5, 0.6) is 5.75 Å². The molecular weight excluding hydrogens is 634 g/mol. The number of aryl methyl sites for hydroxylation is 3. The highest BCUT2D eigenvalue weighted by Gasteiger charge is 2.37. The average Bonchev–Trinajstić information content (AvgIpc) is 3.25. The third kappa shape index (κ3) is 4.84. The Labute approximate surface area is 274 Å². The largest absolute Gasteiger partial charge is 0.486 e. The molecule has 46 heavy (non-hydrogen) atoms. The first-order chi connectivity index (χ1) is 22.0. The second-order valence-electron chi connectivity index (χ2n) is 11.4. The number of nitrogen functional groups attached to an aromatic ring is 1. The van der Waals surface area contributed by atoms with Gasteiger partial charge in [-0.15, -0.1) is 0 Å². The van der Waals surface area contributed by atoms with Gasteiger partial charge in [-0.2, -0.15) is 0 Å². The van der Waals surface area contributed by atoms with Crippen molar-refractivity contribution < 1.29 is 13.9 Å². The number of anilines is 2. The predicted octanol–water partition coefficient (Wildman–Crippen LogP) is 4.98. The molecule has 0 radical (unpaired) electrons.